The van der Waals surface area contributed by atoms with E-state index in [1.54, 1.807) is 15.6 Å². The number of benzene rings is 3. The van der Waals surface area contributed by atoms with Gasteiger partial charge in [-0.15, -0.1) is 35.3 Å². The Hall–Kier alpha value is -1.07. The van der Waals surface area contributed by atoms with Crippen molar-refractivity contribution in [2.75, 3.05) is 17.3 Å². The van der Waals surface area contributed by atoms with Crippen LogP contribution in [0.25, 0.3) is 0 Å². The molecule has 0 N–H and O–H groups in total. The highest BCUT2D eigenvalue weighted by Crippen LogP contribution is 2.29. The second kappa shape index (κ2) is 11.4. The average Bonchev–Trinajstić information content (AvgIpc) is 2.83. The van der Waals surface area contributed by atoms with E-state index in [1.807, 2.05) is 0 Å². The molecule has 4 heteroatoms. The average molecular weight is 492 g/mol. The van der Waals surface area contributed by atoms with Gasteiger partial charge in [-0.25, -0.2) is 0 Å². The van der Waals surface area contributed by atoms with Gasteiger partial charge >= 0.3 is 0 Å². The summed E-state index contributed by atoms with van der Waals surface area (Å²) < 4.78 is 0. The molecule has 0 fully saturated rings. The Morgan fingerprint density at radius 3 is 1.22 bits per heavy atom. The highest BCUT2D eigenvalue weighted by Gasteiger charge is 2.27. The normalized spacial score (nSPS) is 18.8. The Balaban J connectivity index is 1.72. The summed E-state index contributed by atoms with van der Waals surface area (Å²) in [4.78, 5) is 4.52. The zero-order valence-electron chi connectivity index (χ0n) is 18.6. The van der Waals surface area contributed by atoms with Crippen molar-refractivity contribution in [3.63, 3.8) is 0 Å². The first-order chi connectivity index (χ1) is 15.9. The molecule has 0 spiro atoms. The molecule has 1 radical (unpaired) electrons. The van der Waals surface area contributed by atoms with Crippen molar-refractivity contribution in [1.82, 2.24) is 0 Å². The maximum Gasteiger partial charge on any atom is 0.158 e. The van der Waals surface area contributed by atoms with Crippen LogP contribution in [0.1, 0.15) is 38.5 Å². The Labute approximate surface area is 208 Å². The summed E-state index contributed by atoms with van der Waals surface area (Å²) in [7, 11) is -1.09. The molecule has 0 saturated heterocycles. The van der Waals surface area contributed by atoms with E-state index in [4.69, 9.17) is 0 Å². The number of hydrogen-bond donors (Lipinski definition) is 0. The van der Waals surface area contributed by atoms with Crippen LogP contribution in [0.2, 0.25) is 0 Å². The van der Waals surface area contributed by atoms with Crippen molar-refractivity contribution in [3.8, 4) is 0 Å². The summed E-state index contributed by atoms with van der Waals surface area (Å²) in [6, 6.07) is 27.9. The van der Waals surface area contributed by atoms with Gasteiger partial charge in [-0.1, -0.05) is 54.6 Å². The van der Waals surface area contributed by atoms with Gasteiger partial charge in [0.25, 0.3) is 0 Å². The largest absolute Gasteiger partial charge is 0.158 e. The van der Waals surface area contributed by atoms with Crippen molar-refractivity contribution in [1.29, 1.82) is 0 Å². The van der Waals surface area contributed by atoms with Crippen molar-refractivity contribution < 1.29 is 0 Å². The molecule has 0 saturated carbocycles. The third-order valence-electron chi connectivity index (χ3n) is 6.51. The van der Waals surface area contributed by atoms with Crippen molar-refractivity contribution in [2.45, 2.75) is 53.2 Å². The van der Waals surface area contributed by atoms with Crippen LogP contribution in [0, 0.1) is 5.92 Å². The van der Waals surface area contributed by atoms with Gasteiger partial charge in [0.2, 0.25) is 0 Å². The molecule has 3 aliphatic heterocycles. The minimum absolute atomic E-state index is 0.892. The lowest BCUT2D eigenvalue weighted by atomic mass is 9.94. The van der Waals surface area contributed by atoms with Crippen LogP contribution in [-0.2, 0) is 0 Å². The lowest BCUT2D eigenvalue weighted by molar-refractivity contribution is 0.411. The van der Waals surface area contributed by atoms with E-state index >= 15 is 0 Å². The molecule has 0 atom stereocenters. The molecule has 3 aromatic rings. The zero-order chi connectivity index (χ0) is 21.6. The Morgan fingerprint density at radius 2 is 0.844 bits per heavy atom. The van der Waals surface area contributed by atoms with Gasteiger partial charge in [0.15, 0.2) is 8.80 Å². The smallest absolute Gasteiger partial charge is 0.126 e. The fourth-order valence-corrected chi connectivity index (χ4v) is 11.9. The Kier molecular flexibility index (Phi) is 8.07. The topological polar surface area (TPSA) is 0 Å². The predicted molar refractivity (Wildman–Crippen MR) is 147 cm³/mol. The van der Waals surface area contributed by atoms with E-state index in [0.717, 1.165) is 5.92 Å². The molecule has 6 rings (SSSR count). The Bertz CT molecular complexity index is 902. The molecule has 0 nitrogen and oxygen atoms in total. The van der Waals surface area contributed by atoms with Gasteiger partial charge in [-0.05, 0) is 95.5 Å². The van der Waals surface area contributed by atoms with Crippen LogP contribution in [0.4, 0.5) is 0 Å². The summed E-state index contributed by atoms with van der Waals surface area (Å²) >= 11 is 6.31. The molecular weight excluding hydrogens is 461 g/mol. The predicted octanol–water partition coefficient (Wildman–Crippen LogP) is 6.46. The first-order valence-electron chi connectivity index (χ1n) is 11.9. The standard InChI is InChI=1S/C28H31S3Si/c1-4-16-26-23(13-1)29-19-7-10-22-11-8-20-30-24-14-2-5-17-27(24)32(26)28-18-6-3-15-25(28)31-21-9-12-22/h1-6,13-18,22H,7-12,19-21H2. The summed E-state index contributed by atoms with van der Waals surface area (Å²) in [5, 5.41) is 4.73. The molecule has 3 heterocycles. The highest BCUT2D eigenvalue weighted by molar-refractivity contribution is 8.00. The van der Waals surface area contributed by atoms with E-state index < -0.39 is 8.80 Å². The maximum atomic E-state index is 2.43. The van der Waals surface area contributed by atoms with Crippen LogP contribution < -0.4 is 15.6 Å². The molecule has 32 heavy (non-hydrogen) atoms. The van der Waals surface area contributed by atoms with Crippen molar-refractivity contribution in [2.24, 2.45) is 5.92 Å². The number of thioether (sulfide) groups is 3. The monoisotopic (exact) mass is 491 g/mol. The van der Waals surface area contributed by atoms with Gasteiger partial charge in [0, 0.05) is 14.7 Å². The van der Waals surface area contributed by atoms with E-state index in [9.17, 15) is 0 Å². The van der Waals surface area contributed by atoms with Crippen LogP contribution in [0.5, 0.6) is 0 Å². The minimum atomic E-state index is -1.09. The maximum absolute atomic E-state index is 2.43. The molecule has 0 aliphatic carbocycles. The van der Waals surface area contributed by atoms with Crippen molar-refractivity contribution >= 4 is 59.6 Å². The van der Waals surface area contributed by atoms with Crippen LogP contribution in [-0.4, -0.2) is 26.1 Å². The Morgan fingerprint density at radius 1 is 0.500 bits per heavy atom. The van der Waals surface area contributed by atoms with E-state index in [-0.39, 0.29) is 0 Å². The summed E-state index contributed by atoms with van der Waals surface area (Å²) in [6.45, 7) is 0. The number of rotatable bonds is 0. The van der Waals surface area contributed by atoms with Gasteiger partial charge in [-0.2, -0.15) is 0 Å². The van der Waals surface area contributed by atoms with Crippen molar-refractivity contribution in [3.05, 3.63) is 72.8 Å². The quantitative estimate of drug-likeness (QED) is 0.331. The second-order valence-electron chi connectivity index (χ2n) is 8.70. The van der Waals surface area contributed by atoms with Crippen LogP contribution in [0.3, 0.4) is 0 Å². The zero-order valence-corrected chi connectivity index (χ0v) is 22.0. The summed E-state index contributed by atoms with van der Waals surface area (Å²) in [6.07, 6.45) is 8.23. The molecule has 3 aliphatic rings. The first kappa shape index (κ1) is 22.7. The van der Waals surface area contributed by atoms with Gasteiger partial charge in [0.05, 0.1) is 0 Å². The highest BCUT2D eigenvalue weighted by atomic mass is 32.2. The molecule has 0 aromatic heterocycles. The third-order valence-corrected chi connectivity index (χ3v) is 13.5. The number of hydrogen-bond acceptors (Lipinski definition) is 3. The van der Waals surface area contributed by atoms with Crippen LogP contribution >= 0.6 is 35.3 Å². The van der Waals surface area contributed by atoms with E-state index in [0.29, 0.717) is 0 Å². The minimum Gasteiger partial charge on any atom is -0.126 e. The van der Waals surface area contributed by atoms with E-state index in [1.165, 1.54) is 70.5 Å². The van der Waals surface area contributed by atoms with E-state index in [2.05, 4.69) is 108 Å². The fraction of sp³-hybridized carbons (Fsp3) is 0.357. The third kappa shape index (κ3) is 5.35. The van der Waals surface area contributed by atoms with Gasteiger partial charge in [0.1, 0.15) is 0 Å². The van der Waals surface area contributed by atoms with Gasteiger partial charge < -0.3 is 0 Å². The second-order valence-corrected chi connectivity index (χ2v) is 14.5. The summed E-state index contributed by atoms with van der Waals surface area (Å²) in [5.41, 5.74) is 0. The number of fused-ring (bicyclic) bond motifs is 9. The molecule has 2 bridgehead atoms. The summed E-state index contributed by atoms with van der Waals surface area (Å²) in [5.74, 6) is 4.63. The lowest BCUT2D eigenvalue weighted by Gasteiger charge is -2.25. The molecule has 165 valence electrons. The first-order valence-corrected chi connectivity index (χ1v) is 16.4. The molecular formula is C28H31S3Si. The molecule has 3 aromatic carbocycles. The molecule has 0 unspecified atom stereocenters. The SMILES string of the molecule is c1ccc2c(c1)SCCCC1CCCSc3ccccc3[Si]2c2ccccc2SCCC1. The van der Waals surface area contributed by atoms with Crippen LogP contribution in [0.15, 0.2) is 87.5 Å². The fourth-order valence-electron chi connectivity index (χ4n) is 4.93. The molecule has 0 amide bonds. The lowest BCUT2D eigenvalue weighted by Crippen LogP contribution is -2.54. The van der Waals surface area contributed by atoms with Gasteiger partial charge in [-0.3, -0.25) is 0 Å².